The summed E-state index contributed by atoms with van der Waals surface area (Å²) in [6.07, 6.45) is 0.986. The molecule has 0 amide bonds. The highest BCUT2D eigenvalue weighted by Crippen LogP contribution is 2.40. The second-order valence-electron chi connectivity index (χ2n) is 7.50. The lowest BCUT2D eigenvalue weighted by Gasteiger charge is -2.42. The molecule has 17 heavy (non-hydrogen) atoms. The first-order chi connectivity index (χ1) is 7.64. The van der Waals surface area contributed by atoms with Crippen LogP contribution in [0.3, 0.4) is 0 Å². The molecule has 2 saturated heterocycles. The second-order valence-corrected chi connectivity index (χ2v) is 7.50. The van der Waals surface area contributed by atoms with E-state index >= 15 is 0 Å². The van der Waals surface area contributed by atoms with Gasteiger partial charge in [-0.05, 0) is 27.7 Å². The minimum absolute atomic E-state index is 0.156. The molecule has 2 aliphatic heterocycles. The van der Waals surface area contributed by atoms with E-state index in [1.54, 1.807) is 0 Å². The van der Waals surface area contributed by atoms with Crippen LogP contribution in [-0.2, 0) is 9.47 Å². The van der Waals surface area contributed by atoms with Crippen molar-refractivity contribution in [3.8, 4) is 0 Å². The maximum atomic E-state index is 6.07. The van der Waals surface area contributed by atoms with E-state index < -0.39 is 0 Å². The van der Waals surface area contributed by atoms with Gasteiger partial charge in [-0.1, -0.05) is 13.8 Å². The molecule has 0 aliphatic carbocycles. The predicted molar refractivity (Wildman–Crippen MR) is 69.0 cm³/mol. The fraction of sp³-hybridized carbons (Fsp3) is 1.00. The molecule has 0 aromatic heterocycles. The zero-order chi connectivity index (χ0) is 12.9. The summed E-state index contributed by atoms with van der Waals surface area (Å²) in [7, 11) is 0. The molecule has 3 heteroatoms. The molecule has 0 aromatic carbocycles. The molecule has 0 aromatic rings. The van der Waals surface area contributed by atoms with Gasteiger partial charge in [0.05, 0.1) is 19.8 Å². The van der Waals surface area contributed by atoms with Crippen molar-refractivity contribution >= 4 is 0 Å². The number of hydrogen-bond acceptors (Lipinski definition) is 3. The van der Waals surface area contributed by atoms with E-state index in [1.165, 1.54) is 0 Å². The quantitative estimate of drug-likeness (QED) is 0.651. The number of likely N-dealkylation sites (tertiary alicyclic amines) is 1. The summed E-state index contributed by atoms with van der Waals surface area (Å²) in [6, 6.07) is 0.524. The SMILES string of the molecule is C[C@@H]1CC2(CN1C(C)(C)C)OCC(C)(C)CO2. The molecular formula is C14H27NO2. The molecule has 2 aliphatic rings. The van der Waals surface area contributed by atoms with Gasteiger partial charge < -0.3 is 9.47 Å². The Labute approximate surface area is 105 Å². The van der Waals surface area contributed by atoms with Gasteiger partial charge in [0.25, 0.3) is 0 Å². The van der Waals surface area contributed by atoms with Crippen molar-refractivity contribution in [1.82, 2.24) is 4.90 Å². The van der Waals surface area contributed by atoms with Crippen molar-refractivity contribution in [2.24, 2.45) is 5.41 Å². The zero-order valence-electron chi connectivity index (χ0n) is 12.2. The molecule has 2 heterocycles. The Morgan fingerprint density at radius 1 is 1.12 bits per heavy atom. The van der Waals surface area contributed by atoms with E-state index in [0.717, 1.165) is 26.2 Å². The molecule has 2 fully saturated rings. The number of ether oxygens (including phenoxy) is 2. The third-order valence-corrected chi connectivity index (χ3v) is 3.86. The Morgan fingerprint density at radius 3 is 2.06 bits per heavy atom. The van der Waals surface area contributed by atoms with Crippen LogP contribution in [0.1, 0.15) is 48.0 Å². The first kappa shape index (κ1) is 13.3. The molecule has 0 N–H and O–H groups in total. The second kappa shape index (κ2) is 3.94. The van der Waals surface area contributed by atoms with E-state index in [9.17, 15) is 0 Å². The Balaban J connectivity index is 2.06. The summed E-state index contributed by atoms with van der Waals surface area (Å²) >= 11 is 0. The topological polar surface area (TPSA) is 21.7 Å². The minimum Gasteiger partial charge on any atom is -0.348 e. The lowest BCUT2D eigenvalue weighted by molar-refractivity contribution is -0.291. The highest BCUT2D eigenvalue weighted by molar-refractivity contribution is 4.97. The fourth-order valence-electron chi connectivity index (χ4n) is 2.88. The Kier molecular flexibility index (Phi) is 3.08. The molecular weight excluding hydrogens is 214 g/mol. The van der Waals surface area contributed by atoms with E-state index in [2.05, 4.69) is 46.4 Å². The van der Waals surface area contributed by atoms with E-state index in [1.807, 2.05) is 0 Å². The predicted octanol–water partition coefficient (Wildman–Crippen LogP) is 2.65. The van der Waals surface area contributed by atoms with Crippen LogP contribution in [0.2, 0.25) is 0 Å². The highest BCUT2D eigenvalue weighted by Gasteiger charge is 2.50. The fourth-order valence-corrected chi connectivity index (χ4v) is 2.88. The van der Waals surface area contributed by atoms with Gasteiger partial charge in [0.1, 0.15) is 0 Å². The highest BCUT2D eigenvalue weighted by atomic mass is 16.7. The van der Waals surface area contributed by atoms with Gasteiger partial charge in [0, 0.05) is 23.4 Å². The molecule has 100 valence electrons. The van der Waals surface area contributed by atoms with Gasteiger partial charge in [0.2, 0.25) is 0 Å². The molecule has 1 atom stereocenters. The summed E-state index contributed by atoms with van der Waals surface area (Å²) in [4.78, 5) is 2.49. The molecule has 2 rings (SSSR count). The average Bonchev–Trinajstić information content (AvgIpc) is 2.50. The van der Waals surface area contributed by atoms with Gasteiger partial charge >= 0.3 is 0 Å². The molecule has 1 spiro atoms. The van der Waals surface area contributed by atoms with Crippen LogP contribution < -0.4 is 0 Å². The largest absolute Gasteiger partial charge is 0.348 e. The number of rotatable bonds is 0. The van der Waals surface area contributed by atoms with E-state index in [-0.39, 0.29) is 16.7 Å². The summed E-state index contributed by atoms with van der Waals surface area (Å²) < 4.78 is 12.1. The van der Waals surface area contributed by atoms with Crippen molar-refractivity contribution in [1.29, 1.82) is 0 Å². The Morgan fingerprint density at radius 2 is 1.65 bits per heavy atom. The molecule has 0 saturated carbocycles. The van der Waals surface area contributed by atoms with Crippen LogP contribution in [0, 0.1) is 5.41 Å². The lowest BCUT2D eigenvalue weighted by Crippen LogP contribution is -2.51. The van der Waals surface area contributed by atoms with Crippen LogP contribution in [-0.4, -0.2) is 42.0 Å². The minimum atomic E-state index is -0.345. The van der Waals surface area contributed by atoms with Gasteiger partial charge in [-0.2, -0.15) is 0 Å². The van der Waals surface area contributed by atoms with Crippen molar-refractivity contribution in [2.75, 3.05) is 19.8 Å². The summed E-state index contributed by atoms with van der Waals surface area (Å²) in [5.74, 6) is -0.345. The van der Waals surface area contributed by atoms with E-state index in [4.69, 9.17) is 9.47 Å². The first-order valence-electron chi connectivity index (χ1n) is 6.68. The van der Waals surface area contributed by atoms with Crippen molar-refractivity contribution in [3.05, 3.63) is 0 Å². The maximum absolute atomic E-state index is 6.07. The van der Waals surface area contributed by atoms with Crippen LogP contribution >= 0.6 is 0 Å². The van der Waals surface area contributed by atoms with Gasteiger partial charge in [0.15, 0.2) is 5.79 Å². The molecule has 0 radical (unpaired) electrons. The smallest absolute Gasteiger partial charge is 0.182 e. The van der Waals surface area contributed by atoms with Crippen LogP contribution in [0.5, 0.6) is 0 Å². The maximum Gasteiger partial charge on any atom is 0.182 e. The lowest BCUT2D eigenvalue weighted by atomic mass is 9.94. The Hall–Kier alpha value is -0.120. The van der Waals surface area contributed by atoms with Gasteiger partial charge in [-0.25, -0.2) is 0 Å². The normalized spacial score (nSPS) is 33.2. The van der Waals surface area contributed by atoms with Crippen molar-refractivity contribution < 1.29 is 9.47 Å². The summed E-state index contributed by atoms with van der Waals surface area (Å²) in [5, 5.41) is 0. The zero-order valence-corrected chi connectivity index (χ0v) is 12.2. The summed E-state index contributed by atoms with van der Waals surface area (Å²) in [6.45, 7) is 15.9. The molecule has 3 nitrogen and oxygen atoms in total. The number of hydrogen-bond donors (Lipinski definition) is 0. The summed E-state index contributed by atoms with van der Waals surface area (Å²) in [5.41, 5.74) is 0.340. The van der Waals surface area contributed by atoms with E-state index in [0.29, 0.717) is 6.04 Å². The number of nitrogens with zero attached hydrogens (tertiary/aromatic N) is 1. The van der Waals surface area contributed by atoms with Crippen LogP contribution in [0.4, 0.5) is 0 Å². The van der Waals surface area contributed by atoms with Crippen molar-refractivity contribution in [3.63, 3.8) is 0 Å². The van der Waals surface area contributed by atoms with Gasteiger partial charge in [-0.15, -0.1) is 0 Å². The third kappa shape index (κ3) is 2.67. The monoisotopic (exact) mass is 241 g/mol. The standard InChI is InChI=1S/C14H27NO2/c1-11-7-14(8-15(11)12(2,3)4)16-9-13(5,6)10-17-14/h11H,7-10H2,1-6H3/t11-/m1/s1. The molecule has 0 unspecified atom stereocenters. The average molecular weight is 241 g/mol. The van der Waals surface area contributed by atoms with Gasteiger partial charge in [-0.3, -0.25) is 4.90 Å². The third-order valence-electron chi connectivity index (χ3n) is 3.86. The Bertz CT molecular complexity index is 283. The first-order valence-corrected chi connectivity index (χ1v) is 6.68. The van der Waals surface area contributed by atoms with Crippen LogP contribution in [0.15, 0.2) is 0 Å². The van der Waals surface area contributed by atoms with Crippen molar-refractivity contribution in [2.45, 2.75) is 65.3 Å². The molecule has 0 bridgehead atoms. The van der Waals surface area contributed by atoms with Crippen LogP contribution in [0.25, 0.3) is 0 Å².